The lowest BCUT2D eigenvalue weighted by atomic mass is 10.2. The third kappa shape index (κ3) is 6.05. The molecule has 0 spiro atoms. The van der Waals surface area contributed by atoms with Crippen LogP contribution in [-0.2, 0) is 21.0 Å². The first-order valence-corrected chi connectivity index (χ1v) is 11.4. The standard InChI is InChI=1S/C20H21ClF3N3O4S/c1-26-7-9-27(10-8-26)19(28)13-31-18-6-5-16(12-17(18)21)32(29,30)25-15-4-2-3-14(11-15)20(22,23)24/h2-6,11-12,25H,7-10,13H2,1H3. The number of sulfonamides is 1. The van der Waals surface area contributed by atoms with Crippen molar-refractivity contribution < 1.29 is 31.1 Å². The zero-order valence-electron chi connectivity index (χ0n) is 17.0. The summed E-state index contributed by atoms with van der Waals surface area (Å²) < 4.78 is 71.2. The summed E-state index contributed by atoms with van der Waals surface area (Å²) in [6.07, 6.45) is -4.61. The maximum atomic E-state index is 12.8. The number of rotatable bonds is 6. The van der Waals surface area contributed by atoms with Crippen molar-refractivity contribution in [2.24, 2.45) is 0 Å². The average molecular weight is 492 g/mol. The molecular weight excluding hydrogens is 471 g/mol. The fourth-order valence-corrected chi connectivity index (χ4v) is 4.40. The lowest BCUT2D eigenvalue weighted by Gasteiger charge is -2.32. The van der Waals surface area contributed by atoms with Crippen LogP contribution in [0.1, 0.15) is 5.56 Å². The molecule has 1 fully saturated rings. The number of benzene rings is 2. The van der Waals surface area contributed by atoms with Gasteiger partial charge in [0.15, 0.2) is 6.61 Å². The number of amides is 1. The van der Waals surface area contributed by atoms with Crippen LogP contribution in [0.2, 0.25) is 5.02 Å². The van der Waals surface area contributed by atoms with Crippen LogP contribution in [0.15, 0.2) is 47.4 Å². The minimum Gasteiger partial charge on any atom is -0.482 e. The first-order chi connectivity index (χ1) is 15.0. The zero-order chi connectivity index (χ0) is 23.5. The van der Waals surface area contributed by atoms with E-state index in [1.54, 1.807) is 4.90 Å². The highest BCUT2D eigenvalue weighted by Crippen LogP contribution is 2.32. The van der Waals surface area contributed by atoms with Gasteiger partial charge in [-0.25, -0.2) is 8.42 Å². The molecule has 12 heteroatoms. The number of halogens is 4. The van der Waals surface area contributed by atoms with Crippen molar-refractivity contribution in [1.29, 1.82) is 0 Å². The summed E-state index contributed by atoms with van der Waals surface area (Å²) >= 11 is 6.11. The number of ether oxygens (including phenoxy) is 1. The Bertz CT molecular complexity index is 1090. The van der Waals surface area contributed by atoms with Gasteiger partial charge in [-0.3, -0.25) is 9.52 Å². The van der Waals surface area contributed by atoms with Crippen LogP contribution >= 0.6 is 11.6 Å². The molecule has 0 radical (unpaired) electrons. The maximum Gasteiger partial charge on any atom is 0.416 e. The van der Waals surface area contributed by atoms with E-state index in [1.165, 1.54) is 18.2 Å². The highest BCUT2D eigenvalue weighted by Gasteiger charge is 2.31. The molecule has 0 aromatic heterocycles. The van der Waals surface area contributed by atoms with E-state index in [4.69, 9.17) is 16.3 Å². The van der Waals surface area contributed by atoms with Gasteiger partial charge in [-0.2, -0.15) is 13.2 Å². The van der Waals surface area contributed by atoms with E-state index in [9.17, 15) is 26.4 Å². The van der Waals surface area contributed by atoms with E-state index in [0.717, 1.165) is 31.3 Å². The van der Waals surface area contributed by atoms with Crippen LogP contribution in [0, 0.1) is 0 Å². The second-order valence-corrected chi connectivity index (χ2v) is 9.34. The van der Waals surface area contributed by atoms with Gasteiger partial charge in [0.25, 0.3) is 15.9 Å². The molecule has 0 saturated carbocycles. The Hall–Kier alpha value is -2.50. The van der Waals surface area contributed by atoms with Gasteiger partial charge in [-0.1, -0.05) is 17.7 Å². The van der Waals surface area contributed by atoms with Gasteiger partial charge in [0, 0.05) is 31.9 Å². The summed E-state index contributed by atoms with van der Waals surface area (Å²) in [5.41, 5.74) is -1.22. The van der Waals surface area contributed by atoms with E-state index in [1.807, 2.05) is 7.05 Å². The van der Waals surface area contributed by atoms with Crippen LogP contribution in [0.3, 0.4) is 0 Å². The third-order valence-corrected chi connectivity index (χ3v) is 6.54. The minimum absolute atomic E-state index is 0.0527. The first-order valence-electron chi connectivity index (χ1n) is 9.54. The molecule has 1 amide bonds. The Morgan fingerprint density at radius 3 is 2.44 bits per heavy atom. The normalized spacial score (nSPS) is 15.5. The molecule has 3 rings (SSSR count). The third-order valence-electron chi connectivity index (χ3n) is 4.86. The lowest BCUT2D eigenvalue weighted by Crippen LogP contribution is -2.48. The fourth-order valence-electron chi connectivity index (χ4n) is 3.03. The molecule has 1 aliphatic heterocycles. The smallest absolute Gasteiger partial charge is 0.416 e. The van der Waals surface area contributed by atoms with Crippen LogP contribution in [0.4, 0.5) is 18.9 Å². The van der Waals surface area contributed by atoms with Gasteiger partial charge in [0.1, 0.15) is 5.75 Å². The molecule has 2 aromatic carbocycles. The molecular formula is C20H21ClF3N3O4S. The predicted octanol–water partition coefficient (Wildman–Crippen LogP) is 3.31. The highest BCUT2D eigenvalue weighted by atomic mass is 35.5. The maximum absolute atomic E-state index is 12.8. The molecule has 1 heterocycles. The number of piperazine rings is 1. The number of alkyl halides is 3. The number of nitrogens with zero attached hydrogens (tertiary/aromatic N) is 2. The Morgan fingerprint density at radius 2 is 1.81 bits per heavy atom. The summed E-state index contributed by atoms with van der Waals surface area (Å²) in [5, 5.41) is -0.0527. The van der Waals surface area contributed by atoms with E-state index >= 15 is 0 Å². The fraction of sp³-hybridized carbons (Fsp3) is 0.350. The Labute approximate surface area is 188 Å². The number of anilines is 1. The summed E-state index contributed by atoms with van der Waals surface area (Å²) in [5.74, 6) is -0.0933. The molecule has 0 unspecified atom stereocenters. The average Bonchev–Trinajstić information content (AvgIpc) is 2.72. The van der Waals surface area contributed by atoms with Gasteiger partial charge in [0.2, 0.25) is 0 Å². The molecule has 0 bridgehead atoms. The van der Waals surface area contributed by atoms with E-state index in [-0.39, 0.29) is 33.9 Å². The molecule has 1 aliphatic rings. The summed E-state index contributed by atoms with van der Waals surface area (Å²) in [6.45, 7) is 2.45. The van der Waals surface area contributed by atoms with Crippen LogP contribution in [0.5, 0.6) is 5.75 Å². The number of hydrogen-bond acceptors (Lipinski definition) is 5. The summed E-state index contributed by atoms with van der Waals surface area (Å²) in [7, 11) is -2.24. The quantitative estimate of drug-likeness (QED) is 0.670. The second-order valence-electron chi connectivity index (χ2n) is 7.25. The molecule has 1 saturated heterocycles. The Kier molecular flexibility index (Phi) is 7.21. The molecule has 2 aromatic rings. The topological polar surface area (TPSA) is 79.0 Å². The highest BCUT2D eigenvalue weighted by molar-refractivity contribution is 7.92. The monoisotopic (exact) mass is 491 g/mol. The van der Waals surface area contributed by atoms with Crippen molar-refractivity contribution in [3.05, 3.63) is 53.1 Å². The van der Waals surface area contributed by atoms with E-state index in [2.05, 4.69) is 9.62 Å². The second kappa shape index (κ2) is 9.55. The van der Waals surface area contributed by atoms with Crippen LogP contribution < -0.4 is 9.46 Å². The largest absolute Gasteiger partial charge is 0.482 e. The zero-order valence-corrected chi connectivity index (χ0v) is 18.6. The predicted molar refractivity (Wildman–Crippen MR) is 113 cm³/mol. The van der Waals surface area contributed by atoms with Crippen LogP contribution in [-0.4, -0.2) is 64.0 Å². The number of carbonyl (C=O) groups is 1. The molecule has 0 aliphatic carbocycles. The number of carbonyl (C=O) groups excluding carboxylic acids is 1. The first kappa shape index (κ1) is 24.1. The molecule has 7 nitrogen and oxygen atoms in total. The van der Waals surface area contributed by atoms with Crippen molar-refractivity contribution in [3.63, 3.8) is 0 Å². The van der Waals surface area contributed by atoms with Crippen LogP contribution in [0.25, 0.3) is 0 Å². The Balaban J connectivity index is 1.67. The van der Waals surface area contributed by atoms with Gasteiger partial charge in [0.05, 0.1) is 15.5 Å². The molecule has 174 valence electrons. The van der Waals surface area contributed by atoms with Crippen molar-refractivity contribution in [2.45, 2.75) is 11.1 Å². The van der Waals surface area contributed by atoms with Gasteiger partial charge < -0.3 is 14.5 Å². The minimum atomic E-state index is -4.61. The Morgan fingerprint density at radius 1 is 1.12 bits per heavy atom. The van der Waals surface area contributed by atoms with Gasteiger partial charge in [-0.05, 0) is 43.4 Å². The SMILES string of the molecule is CN1CCN(C(=O)COc2ccc(S(=O)(=O)Nc3cccc(C(F)(F)F)c3)cc2Cl)CC1. The summed E-state index contributed by atoms with van der Waals surface area (Å²) in [6, 6.07) is 7.42. The van der Waals surface area contributed by atoms with Crippen molar-refractivity contribution >= 4 is 33.2 Å². The van der Waals surface area contributed by atoms with Crippen molar-refractivity contribution in [2.75, 3.05) is 44.6 Å². The molecule has 0 atom stereocenters. The summed E-state index contributed by atoms with van der Waals surface area (Å²) in [4.78, 5) is 15.8. The van der Waals surface area contributed by atoms with Crippen molar-refractivity contribution in [3.8, 4) is 5.75 Å². The van der Waals surface area contributed by atoms with E-state index < -0.39 is 21.8 Å². The molecule has 32 heavy (non-hydrogen) atoms. The number of likely N-dealkylation sites (N-methyl/N-ethyl adjacent to an activating group) is 1. The number of hydrogen-bond donors (Lipinski definition) is 1. The van der Waals surface area contributed by atoms with Gasteiger partial charge >= 0.3 is 6.18 Å². The van der Waals surface area contributed by atoms with Crippen molar-refractivity contribution in [1.82, 2.24) is 9.80 Å². The number of nitrogens with one attached hydrogen (secondary N) is 1. The lowest BCUT2D eigenvalue weighted by molar-refractivity contribution is -0.137. The van der Waals surface area contributed by atoms with Gasteiger partial charge in [-0.15, -0.1) is 0 Å². The van der Waals surface area contributed by atoms with E-state index in [0.29, 0.717) is 19.2 Å². The molecule has 1 N–H and O–H groups in total.